The van der Waals surface area contributed by atoms with E-state index in [1.807, 2.05) is 12.1 Å². The molecule has 0 saturated heterocycles. The second kappa shape index (κ2) is 9.19. The maximum Gasteiger partial charge on any atom is 0.122 e. The van der Waals surface area contributed by atoms with Crippen LogP contribution in [0.15, 0.2) is 34.3 Å². The lowest BCUT2D eigenvalue weighted by Gasteiger charge is -2.10. The predicted octanol–water partition coefficient (Wildman–Crippen LogP) is 4.58. The second-order valence-corrected chi connectivity index (χ2v) is 6.49. The Kier molecular flexibility index (Phi) is 7.93. The summed E-state index contributed by atoms with van der Waals surface area (Å²) in [6.07, 6.45) is 4.33. The van der Waals surface area contributed by atoms with Crippen molar-refractivity contribution in [2.24, 2.45) is 5.92 Å². The molecular formula is C17H26BrNO. The van der Waals surface area contributed by atoms with Gasteiger partial charge in [-0.2, -0.15) is 0 Å². The third-order valence-corrected chi connectivity index (χ3v) is 3.57. The molecule has 0 aromatic heterocycles. The lowest BCUT2D eigenvalue weighted by atomic mass is 10.0. The highest BCUT2D eigenvalue weighted by atomic mass is 79.9. The fourth-order valence-electron chi connectivity index (χ4n) is 2.07. The molecule has 0 radical (unpaired) electrons. The molecule has 0 aliphatic heterocycles. The average molecular weight is 340 g/mol. The molecule has 1 aromatic carbocycles. The fraction of sp³-hybridized carbons (Fsp3) is 0.529. The normalized spacial score (nSPS) is 12.0. The molecule has 1 aromatic rings. The van der Waals surface area contributed by atoms with Crippen LogP contribution in [0.25, 0.3) is 0 Å². The third kappa shape index (κ3) is 6.58. The molecule has 0 spiro atoms. The maximum atomic E-state index is 5.41. The molecule has 0 atom stereocenters. The van der Waals surface area contributed by atoms with Crippen LogP contribution in [0.4, 0.5) is 0 Å². The Morgan fingerprint density at radius 1 is 1.40 bits per heavy atom. The Morgan fingerprint density at radius 3 is 2.80 bits per heavy atom. The molecule has 20 heavy (non-hydrogen) atoms. The lowest BCUT2D eigenvalue weighted by molar-refractivity contribution is 0.410. The number of methoxy groups -OCH3 is 1. The molecule has 0 unspecified atom stereocenters. The third-order valence-electron chi connectivity index (χ3n) is 3.08. The van der Waals surface area contributed by atoms with E-state index in [4.69, 9.17) is 4.74 Å². The zero-order valence-corrected chi connectivity index (χ0v) is 14.6. The van der Waals surface area contributed by atoms with Crippen molar-refractivity contribution >= 4 is 15.9 Å². The van der Waals surface area contributed by atoms with Crippen molar-refractivity contribution in [1.29, 1.82) is 0 Å². The largest absolute Gasteiger partial charge is 0.496 e. The van der Waals surface area contributed by atoms with E-state index in [1.54, 1.807) is 7.11 Å². The van der Waals surface area contributed by atoms with Crippen LogP contribution in [0.2, 0.25) is 0 Å². The topological polar surface area (TPSA) is 21.3 Å². The Morgan fingerprint density at radius 2 is 2.15 bits per heavy atom. The summed E-state index contributed by atoms with van der Waals surface area (Å²) in [6, 6.07) is 6.15. The molecule has 3 heteroatoms. The van der Waals surface area contributed by atoms with Crippen LogP contribution >= 0.6 is 15.9 Å². The van der Waals surface area contributed by atoms with Gasteiger partial charge in [-0.15, -0.1) is 0 Å². The van der Waals surface area contributed by atoms with Gasteiger partial charge in [-0.25, -0.2) is 0 Å². The standard InChI is InChI=1S/C17H26BrNO/c1-13(2)12-19-9-5-6-14(3)10-15-11-16(18)7-8-17(15)20-4/h6-8,11,13,19H,5,9-10,12H2,1-4H3. The summed E-state index contributed by atoms with van der Waals surface area (Å²) in [5.41, 5.74) is 2.61. The molecule has 0 bridgehead atoms. The first-order valence-electron chi connectivity index (χ1n) is 7.21. The van der Waals surface area contributed by atoms with Crippen LogP contribution in [-0.4, -0.2) is 20.2 Å². The first-order chi connectivity index (χ1) is 9.52. The van der Waals surface area contributed by atoms with Crippen molar-refractivity contribution in [1.82, 2.24) is 5.32 Å². The van der Waals surface area contributed by atoms with Gasteiger partial charge in [0.2, 0.25) is 0 Å². The molecule has 2 nitrogen and oxygen atoms in total. The van der Waals surface area contributed by atoms with E-state index in [0.717, 1.165) is 36.2 Å². The summed E-state index contributed by atoms with van der Waals surface area (Å²) in [7, 11) is 1.72. The van der Waals surface area contributed by atoms with Crippen LogP contribution < -0.4 is 10.1 Å². The van der Waals surface area contributed by atoms with E-state index in [9.17, 15) is 0 Å². The van der Waals surface area contributed by atoms with Gasteiger partial charge in [0.15, 0.2) is 0 Å². The van der Waals surface area contributed by atoms with Crippen molar-refractivity contribution in [3.8, 4) is 5.75 Å². The molecular weight excluding hydrogens is 314 g/mol. The summed E-state index contributed by atoms with van der Waals surface area (Å²) in [4.78, 5) is 0. The summed E-state index contributed by atoms with van der Waals surface area (Å²) in [5.74, 6) is 1.67. The fourth-order valence-corrected chi connectivity index (χ4v) is 2.48. The highest BCUT2D eigenvalue weighted by Crippen LogP contribution is 2.25. The Labute approximate surface area is 131 Å². The van der Waals surface area contributed by atoms with Crippen molar-refractivity contribution in [2.75, 3.05) is 20.2 Å². The number of halogens is 1. The van der Waals surface area contributed by atoms with Crippen LogP contribution in [-0.2, 0) is 6.42 Å². The van der Waals surface area contributed by atoms with Crippen molar-refractivity contribution in [2.45, 2.75) is 33.6 Å². The quantitative estimate of drug-likeness (QED) is 0.552. The molecule has 1 N–H and O–H groups in total. The van der Waals surface area contributed by atoms with E-state index < -0.39 is 0 Å². The molecule has 0 fully saturated rings. The SMILES string of the molecule is COc1ccc(Br)cc1CC(C)=CCCNCC(C)C. The molecule has 0 amide bonds. The Bertz CT molecular complexity index is 441. The molecule has 0 aliphatic rings. The number of rotatable bonds is 8. The zero-order valence-electron chi connectivity index (χ0n) is 13.0. The van der Waals surface area contributed by atoms with E-state index in [2.05, 4.69) is 54.2 Å². The molecule has 0 aliphatic carbocycles. The van der Waals surface area contributed by atoms with Crippen molar-refractivity contribution in [3.05, 3.63) is 39.9 Å². The number of allylic oxidation sites excluding steroid dienone is 1. The van der Waals surface area contributed by atoms with Gasteiger partial charge in [0, 0.05) is 4.47 Å². The Hall–Kier alpha value is -0.800. The number of nitrogens with one attached hydrogen (secondary N) is 1. The zero-order chi connectivity index (χ0) is 15.0. The minimum atomic E-state index is 0.714. The molecule has 0 saturated carbocycles. The van der Waals surface area contributed by atoms with E-state index in [-0.39, 0.29) is 0 Å². The predicted molar refractivity (Wildman–Crippen MR) is 90.5 cm³/mol. The second-order valence-electron chi connectivity index (χ2n) is 5.57. The van der Waals surface area contributed by atoms with Gasteiger partial charge in [-0.1, -0.05) is 41.4 Å². The number of hydrogen-bond acceptors (Lipinski definition) is 2. The van der Waals surface area contributed by atoms with E-state index in [0.29, 0.717) is 5.92 Å². The van der Waals surface area contributed by atoms with Gasteiger partial charge in [0.25, 0.3) is 0 Å². The van der Waals surface area contributed by atoms with Gasteiger partial charge in [0.05, 0.1) is 7.11 Å². The number of ether oxygens (including phenoxy) is 1. The first-order valence-corrected chi connectivity index (χ1v) is 8.01. The van der Waals surface area contributed by atoms with Crippen LogP contribution in [0.3, 0.4) is 0 Å². The minimum absolute atomic E-state index is 0.714. The number of hydrogen-bond donors (Lipinski definition) is 1. The maximum absolute atomic E-state index is 5.41. The summed E-state index contributed by atoms with van der Waals surface area (Å²) < 4.78 is 6.51. The highest BCUT2D eigenvalue weighted by molar-refractivity contribution is 9.10. The summed E-state index contributed by atoms with van der Waals surface area (Å²) in [5, 5.41) is 3.46. The molecule has 0 heterocycles. The Balaban J connectivity index is 2.48. The number of benzene rings is 1. The van der Waals surface area contributed by atoms with E-state index >= 15 is 0 Å². The van der Waals surface area contributed by atoms with Gasteiger partial charge in [-0.3, -0.25) is 0 Å². The van der Waals surface area contributed by atoms with Crippen LogP contribution in [0.5, 0.6) is 5.75 Å². The lowest BCUT2D eigenvalue weighted by Crippen LogP contribution is -2.20. The monoisotopic (exact) mass is 339 g/mol. The summed E-state index contributed by atoms with van der Waals surface area (Å²) >= 11 is 3.52. The van der Waals surface area contributed by atoms with Gasteiger partial charge in [-0.05, 0) is 62.5 Å². The van der Waals surface area contributed by atoms with Crippen molar-refractivity contribution in [3.63, 3.8) is 0 Å². The summed E-state index contributed by atoms with van der Waals surface area (Å²) in [6.45, 7) is 8.78. The van der Waals surface area contributed by atoms with Gasteiger partial charge < -0.3 is 10.1 Å². The van der Waals surface area contributed by atoms with Crippen molar-refractivity contribution < 1.29 is 4.74 Å². The molecule has 112 valence electrons. The van der Waals surface area contributed by atoms with Crippen LogP contribution in [0.1, 0.15) is 32.8 Å². The molecule has 1 rings (SSSR count). The first kappa shape index (κ1) is 17.3. The van der Waals surface area contributed by atoms with E-state index in [1.165, 1.54) is 11.1 Å². The minimum Gasteiger partial charge on any atom is -0.496 e. The van der Waals surface area contributed by atoms with Gasteiger partial charge >= 0.3 is 0 Å². The van der Waals surface area contributed by atoms with Crippen LogP contribution in [0, 0.1) is 5.92 Å². The average Bonchev–Trinajstić information content (AvgIpc) is 2.38. The van der Waals surface area contributed by atoms with Gasteiger partial charge in [0.1, 0.15) is 5.75 Å². The smallest absolute Gasteiger partial charge is 0.122 e. The highest BCUT2D eigenvalue weighted by Gasteiger charge is 2.04.